The van der Waals surface area contributed by atoms with Crippen LogP contribution in [0.5, 0.6) is 0 Å². The summed E-state index contributed by atoms with van der Waals surface area (Å²) in [5.41, 5.74) is 2.88. The van der Waals surface area contributed by atoms with Gasteiger partial charge in [0.1, 0.15) is 22.9 Å². The second-order valence-corrected chi connectivity index (χ2v) is 6.36. The first-order chi connectivity index (χ1) is 11.4. The molecule has 0 radical (unpaired) electrons. The number of hydrogen-bond acceptors (Lipinski definition) is 4. The predicted molar refractivity (Wildman–Crippen MR) is 95.0 cm³/mol. The van der Waals surface area contributed by atoms with Crippen molar-refractivity contribution < 1.29 is 4.79 Å². The highest BCUT2D eigenvalue weighted by Gasteiger charge is 2.15. The van der Waals surface area contributed by atoms with Crippen LogP contribution in [0.15, 0.2) is 33.9 Å². The van der Waals surface area contributed by atoms with E-state index in [4.69, 9.17) is 0 Å². The molecule has 3 aromatic rings. The minimum Gasteiger partial charge on any atom is -0.324 e. The molecule has 2 aromatic heterocycles. The molecule has 0 atom stereocenters. The van der Waals surface area contributed by atoms with Gasteiger partial charge < -0.3 is 5.32 Å². The Bertz CT molecular complexity index is 985. The minimum absolute atomic E-state index is 0.114. The van der Waals surface area contributed by atoms with Crippen LogP contribution in [0.25, 0.3) is 11.0 Å². The third-order valence-electron chi connectivity index (χ3n) is 3.83. The van der Waals surface area contributed by atoms with E-state index in [2.05, 4.69) is 31.3 Å². The van der Waals surface area contributed by atoms with Crippen LogP contribution in [0.1, 0.15) is 11.1 Å². The normalized spacial score (nSPS) is 11.0. The topological polar surface area (TPSA) is 81.8 Å². The van der Waals surface area contributed by atoms with E-state index < -0.39 is 0 Å². The first-order valence-corrected chi connectivity index (χ1v) is 8.11. The van der Waals surface area contributed by atoms with Crippen LogP contribution < -0.4 is 10.9 Å². The molecule has 1 aromatic carbocycles. The summed E-state index contributed by atoms with van der Waals surface area (Å²) in [7, 11) is 1.71. The molecule has 0 unspecified atom stereocenters. The monoisotopic (exact) mass is 389 g/mol. The molecule has 0 bridgehead atoms. The predicted octanol–water partition coefficient (Wildman–Crippen LogP) is 2.15. The summed E-state index contributed by atoms with van der Waals surface area (Å²) in [6.07, 6.45) is 1.36. The second-order valence-electron chi connectivity index (χ2n) is 5.61. The Morgan fingerprint density at radius 2 is 1.96 bits per heavy atom. The van der Waals surface area contributed by atoms with E-state index in [1.165, 1.54) is 15.6 Å². The summed E-state index contributed by atoms with van der Waals surface area (Å²) in [4.78, 5) is 29.1. The number of fused-ring (bicyclic) bond motifs is 1. The van der Waals surface area contributed by atoms with Gasteiger partial charge in [-0.3, -0.25) is 14.2 Å². The number of amides is 1. The number of rotatable bonds is 3. The molecular weight excluding hydrogens is 374 g/mol. The third kappa shape index (κ3) is 2.84. The molecule has 1 amide bonds. The van der Waals surface area contributed by atoms with Crippen LogP contribution in [-0.4, -0.2) is 25.2 Å². The van der Waals surface area contributed by atoms with Gasteiger partial charge in [-0.25, -0.2) is 9.67 Å². The largest absolute Gasteiger partial charge is 0.324 e. The average Bonchev–Trinajstić information content (AvgIpc) is 2.81. The number of carbonyl (C=O) groups excluding carboxylic acids is 1. The van der Waals surface area contributed by atoms with Crippen LogP contribution in [0.4, 0.5) is 5.69 Å². The van der Waals surface area contributed by atoms with Crippen molar-refractivity contribution in [2.45, 2.75) is 20.4 Å². The Balaban J connectivity index is 1.90. The standard InChI is InChI=1S/C16H16BrN5O2/c1-9-5-4-6-10(2)13(9)19-11(23)7-22-8-18-15-12(16(22)24)14(17)20-21(15)3/h4-6,8H,7H2,1-3H3,(H,19,23). The SMILES string of the molecule is Cc1cccc(C)c1NC(=O)Cn1cnc2c(c(Br)nn2C)c1=O. The summed E-state index contributed by atoms with van der Waals surface area (Å²) in [6.45, 7) is 3.74. The molecule has 1 N–H and O–H groups in total. The third-order valence-corrected chi connectivity index (χ3v) is 4.38. The van der Waals surface area contributed by atoms with Crippen molar-refractivity contribution >= 4 is 38.6 Å². The molecule has 8 heteroatoms. The van der Waals surface area contributed by atoms with E-state index in [0.29, 0.717) is 15.6 Å². The summed E-state index contributed by atoms with van der Waals surface area (Å²) >= 11 is 3.26. The molecule has 0 aliphatic heterocycles. The quantitative estimate of drug-likeness (QED) is 0.743. The number of carbonyl (C=O) groups is 1. The molecule has 24 heavy (non-hydrogen) atoms. The van der Waals surface area contributed by atoms with Gasteiger partial charge in [0.05, 0.1) is 0 Å². The van der Waals surface area contributed by atoms with E-state index in [1.807, 2.05) is 32.0 Å². The van der Waals surface area contributed by atoms with Gasteiger partial charge in [0, 0.05) is 12.7 Å². The number of halogens is 1. The van der Waals surface area contributed by atoms with Gasteiger partial charge in [-0.2, -0.15) is 5.10 Å². The Morgan fingerprint density at radius 3 is 2.62 bits per heavy atom. The van der Waals surface area contributed by atoms with Crippen molar-refractivity contribution in [3.8, 4) is 0 Å². The Hall–Kier alpha value is -2.48. The number of anilines is 1. The van der Waals surface area contributed by atoms with E-state index in [1.54, 1.807) is 7.05 Å². The second kappa shape index (κ2) is 6.20. The molecule has 124 valence electrons. The molecule has 0 saturated heterocycles. The van der Waals surface area contributed by atoms with Crippen molar-refractivity contribution in [1.29, 1.82) is 0 Å². The zero-order valence-electron chi connectivity index (χ0n) is 13.5. The number of aromatic nitrogens is 4. The lowest BCUT2D eigenvalue weighted by molar-refractivity contribution is -0.116. The molecule has 2 heterocycles. The van der Waals surface area contributed by atoms with Gasteiger partial charge in [-0.05, 0) is 40.9 Å². The maximum Gasteiger partial charge on any atom is 0.266 e. The van der Waals surface area contributed by atoms with Crippen molar-refractivity contribution in [1.82, 2.24) is 19.3 Å². The van der Waals surface area contributed by atoms with Crippen LogP contribution in [-0.2, 0) is 18.4 Å². The molecule has 0 saturated carbocycles. The van der Waals surface area contributed by atoms with Gasteiger partial charge >= 0.3 is 0 Å². The molecule has 0 spiro atoms. The maximum absolute atomic E-state index is 12.5. The number of hydrogen-bond donors (Lipinski definition) is 1. The number of para-hydroxylation sites is 1. The fourth-order valence-corrected chi connectivity index (χ4v) is 3.18. The van der Waals surface area contributed by atoms with Gasteiger partial charge in [0.2, 0.25) is 5.91 Å². The highest BCUT2D eigenvalue weighted by atomic mass is 79.9. The van der Waals surface area contributed by atoms with E-state index in [9.17, 15) is 9.59 Å². The fraction of sp³-hybridized carbons (Fsp3) is 0.250. The highest BCUT2D eigenvalue weighted by Crippen LogP contribution is 2.19. The van der Waals surface area contributed by atoms with Crippen LogP contribution in [0, 0.1) is 13.8 Å². The minimum atomic E-state index is -0.309. The molecule has 0 fully saturated rings. The van der Waals surface area contributed by atoms with Gasteiger partial charge in [0.15, 0.2) is 5.65 Å². The zero-order valence-corrected chi connectivity index (χ0v) is 15.1. The summed E-state index contributed by atoms with van der Waals surface area (Å²) in [6, 6.07) is 5.78. The summed E-state index contributed by atoms with van der Waals surface area (Å²) in [5, 5.41) is 7.34. The lowest BCUT2D eigenvalue weighted by atomic mass is 10.1. The molecule has 0 aliphatic rings. The summed E-state index contributed by atoms with van der Waals surface area (Å²) in [5.74, 6) is -0.282. The molecular formula is C16H16BrN5O2. The Morgan fingerprint density at radius 1 is 1.29 bits per heavy atom. The Labute approximate surface area is 146 Å². The van der Waals surface area contributed by atoms with Crippen LogP contribution in [0.3, 0.4) is 0 Å². The Kier molecular flexibility index (Phi) is 4.23. The van der Waals surface area contributed by atoms with Crippen molar-refractivity contribution in [2.24, 2.45) is 7.05 Å². The first-order valence-electron chi connectivity index (χ1n) is 7.32. The molecule has 0 aliphatic carbocycles. The highest BCUT2D eigenvalue weighted by molar-refractivity contribution is 9.10. The van der Waals surface area contributed by atoms with Gasteiger partial charge in [-0.15, -0.1) is 0 Å². The number of aryl methyl sites for hydroxylation is 3. The van der Waals surface area contributed by atoms with E-state index in [-0.39, 0.29) is 18.0 Å². The lowest BCUT2D eigenvalue weighted by Gasteiger charge is -2.12. The van der Waals surface area contributed by atoms with Crippen molar-refractivity contribution in [3.05, 3.63) is 50.6 Å². The van der Waals surface area contributed by atoms with E-state index in [0.717, 1.165) is 16.8 Å². The van der Waals surface area contributed by atoms with Gasteiger partial charge in [-0.1, -0.05) is 18.2 Å². The number of nitrogens with zero attached hydrogens (tertiary/aromatic N) is 4. The van der Waals surface area contributed by atoms with Crippen molar-refractivity contribution in [2.75, 3.05) is 5.32 Å². The summed E-state index contributed by atoms with van der Waals surface area (Å²) < 4.78 is 3.21. The molecule has 7 nitrogen and oxygen atoms in total. The van der Waals surface area contributed by atoms with Crippen molar-refractivity contribution in [3.63, 3.8) is 0 Å². The molecule has 3 rings (SSSR count). The first kappa shape index (κ1) is 16.4. The fourth-order valence-electron chi connectivity index (χ4n) is 2.59. The number of nitrogens with one attached hydrogen (secondary N) is 1. The number of benzene rings is 1. The average molecular weight is 390 g/mol. The van der Waals surface area contributed by atoms with Crippen LogP contribution >= 0.6 is 15.9 Å². The van der Waals surface area contributed by atoms with Crippen LogP contribution in [0.2, 0.25) is 0 Å². The smallest absolute Gasteiger partial charge is 0.266 e. The van der Waals surface area contributed by atoms with E-state index >= 15 is 0 Å². The lowest BCUT2D eigenvalue weighted by Crippen LogP contribution is -2.28. The maximum atomic E-state index is 12.5. The zero-order chi connectivity index (χ0) is 17.4. The van der Waals surface area contributed by atoms with Gasteiger partial charge in [0.25, 0.3) is 5.56 Å².